The maximum absolute atomic E-state index is 12.2. The summed E-state index contributed by atoms with van der Waals surface area (Å²) < 4.78 is 5.46. The first-order valence-corrected chi connectivity index (χ1v) is 8.89. The lowest BCUT2D eigenvalue weighted by Gasteiger charge is -2.38. The predicted molar refractivity (Wildman–Crippen MR) is 98.7 cm³/mol. The molecule has 1 aromatic carbocycles. The molecule has 3 rings (SSSR count). The molecular formula is C18H25N3O2S. The highest BCUT2D eigenvalue weighted by Gasteiger charge is 2.42. The fourth-order valence-corrected chi connectivity index (χ4v) is 3.57. The van der Waals surface area contributed by atoms with Gasteiger partial charge in [-0.2, -0.15) is 12.6 Å². The van der Waals surface area contributed by atoms with Gasteiger partial charge in [-0.05, 0) is 26.3 Å². The number of hydrogen-bond acceptors (Lipinski definition) is 5. The monoisotopic (exact) mass is 347 g/mol. The third-order valence-corrected chi connectivity index (χ3v) is 4.68. The summed E-state index contributed by atoms with van der Waals surface area (Å²) >= 11 is 4.66. The second-order valence-corrected chi connectivity index (χ2v) is 7.93. The van der Waals surface area contributed by atoms with E-state index in [-0.39, 0.29) is 17.1 Å². The van der Waals surface area contributed by atoms with Gasteiger partial charge in [-0.15, -0.1) is 0 Å². The van der Waals surface area contributed by atoms with Crippen molar-refractivity contribution in [3.05, 3.63) is 35.9 Å². The van der Waals surface area contributed by atoms with Gasteiger partial charge in [0.1, 0.15) is 11.3 Å². The standard InChI is InChI=1S/C18H25N3O2S/c1-17(2,3)23-16(22)21-11-9-18(10-12-21)19-14(15(24)20-18)13-7-5-4-6-8-13/h4-8,15,20,24H,9-12H2,1-3H3. The maximum Gasteiger partial charge on any atom is 0.410 e. The van der Waals surface area contributed by atoms with Crippen LogP contribution in [0.5, 0.6) is 0 Å². The molecule has 130 valence electrons. The van der Waals surface area contributed by atoms with E-state index in [1.54, 1.807) is 4.90 Å². The minimum absolute atomic E-state index is 0.0829. The van der Waals surface area contributed by atoms with E-state index >= 15 is 0 Å². The van der Waals surface area contributed by atoms with Gasteiger partial charge in [-0.1, -0.05) is 30.3 Å². The van der Waals surface area contributed by atoms with Gasteiger partial charge in [0.2, 0.25) is 0 Å². The minimum Gasteiger partial charge on any atom is -0.444 e. The zero-order chi connectivity index (χ0) is 17.4. The second-order valence-electron chi connectivity index (χ2n) is 7.41. The summed E-state index contributed by atoms with van der Waals surface area (Å²) in [5.74, 6) is 0. The summed E-state index contributed by atoms with van der Waals surface area (Å²) in [4.78, 5) is 18.9. The van der Waals surface area contributed by atoms with Gasteiger partial charge in [0, 0.05) is 25.9 Å². The van der Waals surface area contributed by atoms with Crippen molar-refractivity contribution in [2.75, 3.05) is 13.1 Å². The maximum atomic E-state index is 12.2. The van der Waals surface area contributed by atoms with Crippen LogP contribution in [0.15, 0.2) is 35.3 Å². The van der Waals surface area contributed by atoms with Crippen molar-refractivity contribution in [3.8, 4) is 0 Å². The molecule has 6 heteroatoms. The molecule has 1 unspecified atom stereocenters. The highest BCUT2D eigenvalue weighted by molar-refractivity contribution is 7.81. The van der Waals surface area contributed by atoms with Gasteiger partial charge in [0.15, 0.2) is 0 Å². The molecule has 0 radical (unpaired) electrons. The molecule has 1 saturated heterocycles. The first-order valence-electron chi connectivity index (χ1n) is 8.37. The van der Waals surface area contributed by atoms with Crippen LogP contribution < -0.4 is 5.32 Å². The summed E-state index contributed by atoms with van der Waals surface area (Å²) in [6, 6.07) is 10.1. The van der Waals surface area contributed by atoms with Crippen LogP contribution in [0.1, 0.15) is 39.2 Å². The zero-order valence-electron chi connectivity index (χ0n) is 14.5. The Morgan fingerprint density at radius 1 is 1.29 bits per heavy atom. The molecule has 1 amide bonds. The number of nitrogens with one attached hydrogen (secondary N) is 1. The molecule has 0 saturated carbocycles. The van der Waals surface area contributed by atoms with E-state index in [1.165, 1.54) is 0 Å². The van der Waals surface area contributed by atoms with Gasteiger partial charge >= 0.3 is 6.09 Å². The van der Waals surface area contributed by atoms with Crippen LogP contribution in [0.2, 0.25) is 0 Å². The number of likely N-dealkylation sites (tertiary alicyclic amines) is 1. The third-order valence-electron chi connectivity index (χ3n) is 4.31. The lowest BCUT2D eigenvalue weighted by molar-refractivity contribution is 0.0159. The largest absolute Gasteiger partial charge is 0.444 e. The molecule has 1 fully saturated rings. The summed E-state index contributed by atoms with van der Waals surface area (Å²) in [6.07, 6.45) is 1.28. The molecular weight excluding hydrogens is 322 g/mol. The minimum atomic E-state index is -0.466. The fourth-order valence-electron chi connectivity index (χ4n) is 3.12. The molecule has 1 aromatic rings. The van der Waals surface area contributed by atoms with Crippen molar-refractivity contribution >= 4 is 24.4 Å². The Morgan fingerprint density at radius 2 is 1.92 bits per heavy atom. The molecule has 1 atom stereocenters. The molecule has 0 aromatic heterocycles. The molecule has 2 aliphatic heterocycles. The van der Waals surface area contributed by atoms with Crippen LogP contribution in [-0.4, -0.2) is 46.4 Å². The average Bonchev–Trinajstić information content (AvgIpc) is 2.83. The van der Waals surface area contributed by atoms with Crippen molar-refractivity contribution in [2.45, 2.75) is 50.3 Å². The van der Waals surface area contributed by atoms with Crippen molar-refractivity contribution in [1.82, 2.24) is 10.2 Å². The average molecular weight is 347 g/mol. The first-order chi connectivity index (χ1) is 11.3. The Bertz CT molecular complexity index is 631. The van der Waals surface area contributed by atoms with Crippen molar-refractivity contribution in [1.29, 1.82) is 0 Å². The smallest absolute Gasteiger partial charge is 0.410 e. The summed E-state index contributed by atoms with van der Waals surface area (Å²) in [5.41, 5.74) is 1.28. The number of piperidine rings is 1. The SMILES string of the molecule is CC(C)(C)OC(=O)N1CCC2(CC1)N=C(c1ccccc1)C(S)N2. The molecule has 0 aliphatic carbocycles. The highest BCUT2D eigenvalue weighted by Crippen LogP contribution is 2.32. The molecule has 1 spiro atoms. The Balaban J connectivity index is 1.68. The number of thiol groups is 1. The number of carbonyl (C=O) groups is 1. The number of benzene rings is 1. The van der Waals surface area contributed by atoms with Gasteiger partial charge in [0.05, 0.1) is 11.1 Å². The van der Waals surface area contributed by atoms with Crippen molar-refractivity contribution in [2.24, 2.45) is 4.99 Å². The van der Waals surface area contributed by atoms with Crippen LogP contribution in [-0.2, 0) is 4.74 Å². The Labute approximate surface area is 148 Å². The Morgan fingerprint density at radius 3 is 2.50 bits per heavy atom. The summed E-state index contributed by atoms with van der Waals surface area (Å²) in [6.45, 7) is 6.92. The quantitative estimate of drug-likeness (QED) is 0.768. The Hall–Kier alpha value is -1.53. The number of amides is 1. The number of nitrogens with zero attached hydrogens (tertiary/aromatic N) is 2. The second kappa shape index (κ2) is 6.41. The van der Waals surface area contributed by atoms with E-state index in [0.29, 0.717) is 13.1 Å². The number of rotatable bonds is 1. The van der Waals surface area contributed by atoms with Crippen LogP contribution in [0.4, 0.5) is 4.79 Å². The van der Waals surface area contributed by atoms with Crippen LogP contribution in [0.25, 0.3) is 0 Å². The van der Waals surface area contributed by atoms with Crippen LogP contribution in [0.3, 0.4) is 0 Å². The van der Waals surface area contributed by atoms with E-state index in [1.807, 2.05) is 39.0 Å². The number of hydrogen-bond donors (Lipinski definition) is 2. The van der Waals surface area contributed by atoms with E-state index in [4.69, 9.17) is 9.73 Å². The zero-order valence-corrected chi connectivity index (χ0v) is 15.3. The summed E-state index contributed by atoms with van der Waals surface area (Å²) in [7, 11) is 0. The lowest BCUT2D eigenvalue weighted by Crippen LogP contribution is -2.53. The summed E-state index contributed by atoms with van der Waals surface area (Å²) in [5, 5.41) is 3.42. The number of carbonyl (C=O) groups excluding carboxylic acids is 1. The highest BCUT2D eigenvalue weighted by atomic mass is 32.1. The van der Waals surface area contributed by atoms with E-state index in [9.17, 15) is 4.79 Å². The first kappa shape index (κ1) is 17.3. The van der Waals surface area contributed by atoms with Crippen LogP contribution >= 0.6 is 12.6 Å². The van der Waals surface area contributed by atoms with E-state index < -0.39 is 5.60 Å². The molecule has 2 heterocycles. The Kier molecular flexibility index (Phi) is 4.62. The normalized spacial score (nSPS) is 23.2. The van der Waals surface area contributed by atoms with Crippen LogP contribution in [0, 0.1) is 0 Å². The topological polar surface area (TPSA) is 53.9 Å². The number of ether oxygens (including phenoxy) is 1. The molecule has 1 N–H and O–H groups in total. The van der Waals surface area contributed by atoms with Gasteiger partial charge < -0.3 is 9.64 Å². The molecule has 0 bridgehead atoms. The molecule has 24 heavy (non-hydrogen) atoms. The van der Waals surface area contributed by atoms with Gasteiger partial charge in [-0.3, -0.25) is 10.3 Å². The molecule has 5 nitrogen and oxygen atoms in total. The molecule has 2 aliphatic rings. The predicted octanol–water partition coefficient (Wildman–Crippen LogP) is 3.06. The lowest BCUT2D eigenvalue weighted by atomic mass is 9.98. The van der Waals surface area contributed by atoms with E-state index in [2.05, 4.69) is 30.1 Å². The fraction of sp³-hybridized carbons (Fsp3) is 0.556. The van der Waals surface area contributed by atoms with Crippen molar-refractivity contribution in [3.63, 3.8) is 0 Å². The van der Waals surface area contributed by atoms with E-state index in [0.717, 1.165) is 24.1 Å². The van der Waals surface area contributed by atoms with Gasteiger partial charge in [-0.25, -0.2) is 4.79 Å². The third kappa shape index (κ3) is 3.75. The van der Waals surface area contributed by atoms with Gasteiger partial charge in [0.25, 0.3) is 0 Å². The number of aliphatic imine (C=N–C) groups is 1. The van der Waals surface area contributed by atoms with Crippen molar-refractivity contribution < 1.29 is 9.53 Å².